The average Bonchev–Trinajstić information content (AvgIpc) is 3.29. The third-order valence-electron chi connectivity index (χ3n) is 6.03. The molecule has 7 heteroatoms. The van der Waals surface area contributed by atoms with Gasteiger partial charge in [0.1, 0.15) is 6.04 Å². The maximum Gasteiger partial charge on any atom is 0.246 e. The van der Waals surface area contributed by atoms with Crippen molar-refractivity contribution >= 4 is 28.2 Å². The number of nitrogens with zero attached hydrogens (tertiary/aromatic N) is 2. The molecule has 33 heavy (non-hydrogen) atoms. The molecule has 4 aromatic rings. The Balaban J connectivity index is 1.38. The molecule has 1 aliphatic heterocycles. The molecule has 0 saturated carbocycles. The molecule has 0 radical (unpaired) electrons. The summed E-state index contributed by atoms with van der Waals surface area (Å²) in [5, 5.41) is 14.8. The first-order chi connectivity index (χ1) is 16.2. The van der Waals surface area contributed by atoms with Crippen LogP contribution in [0.5, 0.6) is 0 Å². The van der Waals surface area contributed by atoms with Crippen LogP contribution in [0.15, 0.2) is 72.8 Å². The smallest absolute Gasteiger partial charge is 0.246 e. The van der Waals surface area contributed by atoms with Gasteiger partial charge in [0.25, 0.3) is 0 Å². The number of carbonyl (C=O) groups is 1. The van der Waals surface area contributed by atoms with Crippen molar-refractivity contribution in [3.8, 4) is 11.3 Å². The topological polar surface area (TPSA) is 82.3 Å². The van der Waals surface area contributed by atoms with E-state index in [9.17, 15) is 4.79 Å². The molecular weight excluding hydrogens is 414 g/mol. The Hall–Kier alpha value is -3.68. The molecule has 1 aromatic heterocycles. The predicted octanol–water partition coefficient (Wildman–Crippen LogP) is 3.97. The fraction of sp³-hybridized carbons (Fsp3) is 0.231. The maximum atomic E-state index is 13.0. The van der Waals surface area contributed by atoms with Gasteiger partial charge in [0.05, 0.1) is 24.4 Å². The second-order valence-corrected chi connectivity index (χ2v) is 8.10. The minimum absolute atomic E-state index is 0.108. The van der Waals surface area contributed by atoms with Crippen LogP contribution >= 0.6 is 0 Å². The van der Waals surface area contributed by atoms with Crippen molar-refractivity contribution in [2.75, 3.05) is 43.6 Å². The number of carbonyl (C=O) groups excluding carboxylic acids is 1. The number of nitrogens with one attached hydrogen (secondary N) is 3. The van der Waals surface area contributed by atoms with E-state index in [1.165, 1.54) is 5.69 Å². The van der Waals surface area contributed by atoms with Crippen LogP contribution in [0.3, 0.4) is 0 Å². The Bertz CT molecular complexity index is 1230. The van der Waals surface area contributed by atoms with Crippen LogP contribution in [0.1, 0.15) is 11.6 Å². The van der Waals surface area contributed by atoms with Gasteiger partial charge in [-0.1, -0.05) is 42.5 Å². The highest BCUT2D eigenvalue weighted by Gasteiger charge is 2.19. The highest BCUT2D eigenvalue weighted by molar-refractivity contribution is 6.00. The highest BCUT2D eigenvalue weighted by Crippen LogP contribution is 2.30. The van der Waals surface area contributed by atoms with Gasteiger partial charge < -0.3 is 20.3 Å². The molecular formula is C26H27N5O2. The van der Waals surface area contributed by atoms with Gasteiger partial charge in [0.15, 0.2) is 0 Å². The molecule has 5 rings (SSSR count). The summed E-state index contributed by atoms with van der Waals surface area (Å²) in [5.41, 5.74) is 5.66. The van der Waals surface area contributed by atoms with Crippen LogP contribution in [0, 0.1) is 0 Å². The first-order valence-electron chi connectivity index (χ1n) is 11.2. The van der Waals surface area contributed by atoms with Crippen LogP contribution in [0.2, 0.25) is 0 Å². The van der Waals surface area contributed by atoms with Crippen molar-refractivity contribution in [1.29, 1.82) is 0 Å². The SMILES string of the molecule is CNC(C(=O)Nc1ccc2[nH]nc(-c3ccc(N4CCOCC4)cc3)c2c1)c1ccccc1. The van der Waals surface area contributed by atoms with Crippen LogP contribution in [-0.4, -0.2) is 49.5 Å². The average molecular weight is 442 g/mol. The lowest BCUT2D eigenvalue weighted by Crippen LogP contribution is -2.36. The molecule has 1 atom stereocenters. The number of rotatable bonds is 6. The first-order valence-corrected chi connectivity index (χ1v) is 11.2. The van der Waals surface area contributed by atoms with Crippen LogP contribution in [0.4, 0.5) is 11.4 Å². The second-order valence-electron chi connectivity index (χ2n) is 8.10. The van der Waals surface area contributed by atoms with Crippen LogP contribution in [-0.2, 0) is 9.53 Å². The van der Waals surface area contributed by atoms with E-state index < -0.39 is 6.04 Å². The normalized spacial score (nSPS) is 14.9. The van der Waals surface area contributed by atoms with Gasteiger partial charge in [0, 0.05) is 35.4 Å². The third-order valence-corrected chi connectivity index (χ3v) is 6.03. The minimum Gasteiger partial charge on any atom is -0.378 e. The molecule has 2 heterocycles. The number of hydrogen-bond donors (Lipinski definition) is 3. The Morgan fingerprint density at radius 1 is 1.03 bits per heavy atom. The van der Waals surface area contributed by atoms with Gasteiger partial charge in [-0.2, -0.15) is 5.10 Å². The van der Waals surface area contributed by atoms with Gasteiger partial charge in [-0.3, -0.25) is 9.89 Å². The van der Waals surface area contributed by atoms with Crippen molar-refractivity contribution in [2.24, 2.45) is 0 Å². The first kappa shape index (κ1) is 21.2. The molecule has 1 saturated heterocycles. The van der Waals surface area contributed by atoms with E-state index in [0.717, 1.165) is 59.7 Å². The number of fused-ring (bicyclic) bond motifs is 1. The van der Waals surface area contributed by atoms with E-state index in [2.05, 4.69) is 50.0 Å². The molecule has 1 unspecified atom stereocenters. The Morgan fingerprint density at radius 3 is 2.52 bits per heavy atom. The fourth-order valence-electron chi connectivity index (χ4n) is 4.27. The number of morpholine rings is 1. The lowest BCUT2D eigenvalue weighted by molar-refractivity contribution is -0.118. The summed E-state index contributed by atoms with van der Waals surface area (Å²) in [6, 6.07) is 23.5. The number of likely N-dealkylation sites (N-methyl/N-ethyl adjacent to an activating group) is 1. The van der Waals surface area contributed by atoms with Crippen molar-refractivity contribution in [3.63, 3.8) is 0 Å². The maximum absolute atomic E-state index is 13.0. The number of H-pyrrole nitrogens is 1. The quantitative estimate of drug-likeness (QED) is 0.422. The van der Waals surface area contributed by atoms with E-state index in [-0.39, 0.29) is 5.91 Å². The second kappa shape index (κ2) is 9.44. The summed E-state index contributed by atoms with van der Waals surface area (Å²) < 4.78 is 5.45. The summed E-state index contributed by atoms with van der Waals surface area (Å²) in [6.07, 6.45) is 0. The zero-order valence-corrected chi connectivity index (χ0v) is 18.5. The Labute approximate surface area is 192 Å². The van der Waals surface area contributed by atoms with Crippen molar-refractivity contribution < 1.29 is 9.53 Å². The van der Waals surface area contributed by atoms with Crippen LogP contribution in [0.25, 0.3) is 22.2 Å². The molecule has 1 aliphatic rings. The van der Waals surface area contributed by atoms with Gasteiger partial charge >= 0.3 is 0 Å². The summed E-state index contributed by atoms with van der Waals surface area (Å²) in [6.45, 7) is 3.34. The molecule has 3 N–H and O–H groups in total. The van der Waals surface area contributed by atoms with E-state index in [1.54, 1.807) is 7.05 Å². The number of hydrogen-bond acceptors (Lipinski definition) is 5. The summed E-state index contributed by atoms with van der Waals surface area (Å²) in [4.78, 5) is 15.3. The summed E-state index contributed by atoms with van der Waals surface area (Å²) in [7, 11) is 1.79. The van der Waals surface area contributed by atoms with E-state index in [4.69, 9.17) is 4.74 Å². The van der Waals surface area contributed by atoms with Gasteiger partial charge in [-0.25, -0.2) is 0 Å². The summed E-state index contributed by atoms with van der Waals surface area (Å²) >= 11 is 0. The lowest BCUT2D eigenvalue weighted by atomic mass is 10.1. The monoisotopic (exact) mass is 441 g/mol. The highest BCUT2D eigenvalue weighted by atomic mass is 16.5. The molecule has 0 aliphatic carbocycles. The predicted molar refractivity (Wildman–Crippen MR) is 131 cm³/mol. The minimum atomic E-state index is -0.432. The van der Waals surface area contributed by atoms with Gasteiger partial charge in [0.2, 0.25) is 5.91 Å². The van der Waals surface area contributed by atoms with Gasteiger partial charge in [-0.15, -0.1) is 0 Å². The molecule has 3 aromatic carbocycles. The Morgan fingerprint density at radius 2 is 1.79 bits per heavy atom. The fourth-order valence-corrected chi connectivity index (χ4v) is 4.27. The van der Waals surface area contributed by atoms with Crippen LogP contribution < -0.4 is 15.5 Å². The zero-order chi connectivity index (χ0) is 22.6. The molecule has 168 valence electrons. The molecule has 0 spiro atoms. The van der Waals surface area contributed by atoms with E-state index in [1.807, 2.05) is 48.5 Å². The number of aromatic amines is 1. The third kappa shape index (κ3) is 4.46. The van der Waals surface area contributed by atoms with Crippen molar-refractivity contribution in [2.45, 2.75) is 6.04 Å². The molecule has 1 amide bonds. The number of anilines is 2. The standard InChI is InChI=1S/C26H27N5O2/c1-27-25(18-5-3-2-4-6-18)26(32)28-20-9-12-23-22(17-20)24(30-29-23)19-7-10-21(11-8-19)31-13-15-33-16-14-31/h2-12,17,25,27H,13-16H2,1H3,(H,28,32)(H,29,30). The van der Waals surface area contributed by atoms with E-state index >= 15 is 0 Å². The zero-order valence-electron chi connectivity index (χ0n) is 18.5. The van der Waals surface area contributed by atoms with Gasteiger partial charge in [-0.05, 0) is 42.9 Å². The Kier molecular flexibility index (Phi) is 6.06. The lowest BCUT2D eigenvalue weighted by Gasteiger charge is -2.28. The van der Waals surface area contributed by atoms with Crippen molar-refractivity contribution in [1.82, 2.24) is 15.5 Å². The van der Waals surface area contributed by atoms with E-state index in [0.29, 0.717) is 0 Å². The van der Waals surface area contributed by atoms with Crippen molar-refractivity contribution in [3.05, 3.63) is 78.4 Å². The number of amides is 1. The number of ether oxygens (including phenoxy) is 1. The number of benzene rings is 3. The number of aromatic nitrogens is 2. The molecule has 7 nitrogen and oxygen atoms in total. The largest absolute Gasteiger partial charge is 0.378 e. The molecule has 1 fully saturated rings. The summed E-state index contributed by atoms with van der Waals surface area (Å²) in [5.74, 6) is -0.108. The molecule has 0 bridgehead atoms.